The zero-order valence-electron chi connectivity index (χ0n) is 8.74. The molecular formula is C9H11ClN6. The van der Waals surface area contributed by atoms with Gasteiger partial charge in [0.25, 0.3) is 0 Å². The maximum atomic E-state index is 5.96. The van der Waals surface area contributed by atoms with Crippen molar-refractivity contribution >= 4 is 17.4 Å². The molecule has 2 aromatic heterocycles. The number of H-pyrrole nitrogens is 1. The first-order chi connectivity index (χ1) is 7.81. The molecule has 0 unspecified atom stereocenters. The number of aromatic nitrogens is 5. The molecule has 0 aliphatic rings. The van der Waals surface area contributed by atoms with Crippen molar-refractivity contribution in [2.45, 2.75) is 19.9 Å². The van der Waals surface area contributed by atoms with Crippen LogP contribution in [0.3, 0.4) is 0 Å². The van der Waals surface area contributed by atoms with Gasteiger partial charge >= 0.3 is 0 Å². The topological polar surface area (TPSA) is 79.4 Å². The molecule has 16 heavy (non-hydrogen) atoms. The third kappa shape index (κ3) is 2.27. The minimum atomic E-state index is 0.484. The minimum Gasteiger partial charge on any atom is -0.362 e. The fraction of sp³-hybridized carbons (Fsp3) is 0.333. The largest absolute Gasteiger partial charge is 0.362 e. The van der Waals surface area contributed by atoms with Crippen molar-refractivity contribution in [2.24, 2.45) is 0 Å². The van der Waals surface area contributed by atoms with E-state index >= 15 is 0 Å². The zero-order valence-corrected chi connectivity index (χ0v) is 9.49. The number of hydrogen-bond acceptors (Lipinski definition) is 5. The number of nitrogens with one attached hydrogen (secondary N) is 2. The lowest BCUT2D eigenvalue weighted by molar-refractivity contribution is 0.933. The summed E-state index contributed by atoms with van der Waals surface area (Å²) in [5.41, 5.74) is 0.906. The maximum absolute atomic E-state index is 5.96. The zero-order chi connectivity index (χ0) is 11.4. The lowest BCUT2D eigenvalue weighted by Gasteiger charge is -2.08. The SMILES string of the molecule is CCc1c(Cl)ncnc1NCc1ncn[nH]1. The van der Waals surface area contributed by atoms with Crippen molar-refractivity contribution in [3.05, 3.63) is 29.2 Å². The van der Waals surface area contributed by atoms with Gasteiger partial charge in [0.05, 0.1) is 6.54 Å². The van der Waals surface area contributed by atoms with Crippen molar-refractivity contribution in [3.8, 4) is 0 Å². The van der Waals surface area contributed by atoms with Gasteiger partial charge in [-0.3, -0.25) is 5.10 Å². The quantitative estimate of drug-likeness (QED) is 0.788. The van der Waals surface area contributed by atoms with Crippen LogP contribution in [0.25, 0.3) is 0 Å². The van der Waals surface area contributed by atoms with Gasteiger partial charge in [-0.1, -0.05) is 18.5 Å². The molecule has 2 heterocycles. The molecule has 2 rings (SSSR count). The highest BCUT2D eigenvalue weighted by molar-refractivity contribution is 6.30. The smallest absolute Gasteiger partial charge is 0.143 e. The molecule has 0 bridgehead atoms. The second-order valence-electron chi connectivity index (χ2n) is 3.13. The number of nitrogens with zero attached hydrogens (tertiary/aromatic N) is 4. The van der Waals surface area contributed by atoms with Crippen LogP contribution in [-0.4, -0.2) is 25.1 Å². The molecule has 0 saturated heterocycles. The van der Waals surface area contributed by atoms with E-state index < -0.39 is 0 Å². The van der Waals surface area contributed by atoms with Crippen molar-refractivity contribution in [3.63, 3.8) is 0 Å². The summed E-state index contributed by atoms with van der Waals surface area (Å²) in [6, 6.07) is 0. The van der Waals surface area contributed by atoms with Crippen LogP contribution < -0.4 is 5.32 Å². The number of aromatic amines is 1. The second-order valence-corrected chi connectivity index (χ2v) is 3.49. The summed E-state index contributed by atoms with van der Waals surface area (Å²) in [4.78, 5) is 12.1. The molecule has 0 fully saturated rings. The van der Waals surface area contributed by atoms with Crippen molar-refractivity contribution in [1.82, 2.24) is 25.1 Å². The monoisotopic (exact) mass is 238 g/mol. The summed E-state index contributed by atoms with van der Waals surface area (Å²) in [5.74, 6) is 1.48. The average Bonchev–Trinajstić information content (AvgIpc) is 2.79. The van der Waals surface area contributed by atoms with Gasteiger partial charge in [0.1, 0.15) is 29.5 Å². The summed E-state index contributed by atoms with van der Waals surface area (Å²) in [7, 11) is 0. The fourth-order valence-corrected chi connectivity index (χ4v) is 1.61. The van der Waals surface area contributed by atoms with Gasteiger partial charge in [-0.2, -0.15) is 5.10 Å². The van der Waals surface area contributed by atoms with Crippen LogP contribution in [0.2, 0.25) is 5.15 Å². The fourth-order valence-electron chi connectivity index (χ4n) is 1.34. The van der Waals surface area contributed by atoms with E-state index in [9.17, 15) is 0 Å². The lowest BCUT2D eigenvalue weighted by atomic mass is 10.2. The Balaban J connectivity index is 2.12. The lowest BCUT2D eigenvalue weighted by Crippen LogP contribution is -2.06. The molecule has 0 spiro atoms. The Bertz CT molecular complexity index is 455. The molecule has 0 saturated carbocycles. The van der Waals surface area contributed by atoms with Crippen LogP contribution >= 0.6 is 11.6 Å². The van der Waals surface area contributed by atoms with Gasteiger partial charge in [0.15, 0.2) is 0 Å². The summed E-state index contributed by atoms with van der Waals surface area (Å²) in [6.07, 6.45) is 3.67. The van der Waals surface area contributed by atoms with E-state index in [4.69, 9.17) is 11.6 Å². The number of hydrogen-bond donors (Lipinski definition) is 2. The Morgan fingerprint density at radius 2 is 2.19 bits per heavy atom. The van der Waals surface area contributed by atoms with E-state index in [-0.39, 0.29) is 0 Å². The highest BCUT2D eigenvalue weighted by Crippen LogP contribution is 2.20. The molecule has 2 aromatic rings. The second kappa shape index (κ2) is 4.89. The molecule has 0 aliphatic carbocycles. The highest BCUT2D eigenvalue weighted by atomic mass is 35.5. The molecule has 0 atom stereocenters. The standard InChI is InChI=1S/C9H11ClN6/c1-2-6-8(10)13-4-14-9(6)11-3-7-12-5-15-16-7/h4-5H,2-3H2,1H3,(H,11,13,14)(H,12,15,16). The molecular weight excluding hydrogens is 228 g/mol. The van der Waals surface area contributed by atoms with E-state index in [0.717, 1.165) is 23.6 Å². The van der Waals surface area contributed by atoms with Gasteiger partial charge in [-0.25, -0.2) is 15.0 Å². The normalized spacial score (nSPS) is 10.4. The molecule has 0 amide bonds. The molecule has 0 radical (unpaired) electrons. The van der Waals surface area contributed by atoms with Crippen LogP contribution in [-0.2, 0) is 13.0 Å². The van der Waals surface area contributed by atoms with E-state index in [1.165, 1.54) is 12.7 Å². The third-order valence-electron chi connectivity index (χ3n) is 2.13. The summed E-state index contributed by atoms with van der Waals surface area (Å²) < 4.78 is 0. The molecule has 2 N–H and O–H groups in total. The Labute approximate surface area is 97.5 Å². The summed E-state index contributed by atoms with van der Waals surface area (Å²) in [6.45, 7) is 2.53. The van der Waals surface area contributed by atoms with Gasteiger partial charge in [0, 0.05) is 5.56 Å². The Morgan fingerprint density at radius 1 is 1.31 bits per heavy atom. The summed E-state index contributed by atoms with van der Waals surface area (Å²) in [5, 5.41) is 10.1. The van der Waals surface area contributed by atoms with Crippen molar-refractivity contribution in [2.75, 3.05) is 5.32 Å². The van der Waals surface area contributed by atoms with Crippen LogP contribution in [0.4, 0.5) is 5.82 Å². The third-order valence-corrected chi connectivity index (χ3v) is 2.46. The van der Waals surface area contributed by atoms with Crippen LogP contribution in [0.15, 0.2) is 12.7 Å². The molecule has 0 aromatic carbocycles. The van der Waals surface area contributed by atoms with Crippen LogP contribution in [0, 0.1) is 0 Å². The van der Waals surface area contributed by atoms with Gasteiger partial charge < -0.3 is 5.32 Å². The molecule has 7 heteroatoms. The Morgan fingerprint density at radius 3 is 2.88 bits per heavy atom. The number of rotatable bonds is 4. The van der Waals surface area contributed by atoms with E-state index in [2.05, 4.69) is 30.5 Å². The molecule has 84 valence electrons. The van der Waals surface area contributed by atoms with Gasteiger partial charge in [-0.15, -0.1) is 0 Å². The van der Waals surface area contributed by atoms with Crippen LogP contribution in [0.1, 0.15) is 18.3 Å². The predicted octanol–water partition coefficient (Wildman–Crippen LogP) is 1.42. The van der Waals surface area contributed by atoms with Crippen LogP contribution in [0.5, 0.6) is 0 Å². The average molecular weight is 239 g/mol. The van der Waals surface area contributed by atoms with E-state index in [1.807, 2.05) is 6.92 Å². The predicted molar refractivity (Wildman–Crippen MR) is 60.1 cm³/mol. The maximum Gasteiger partial charge on any atom is 0.143 e. The first-order valence-electron chi connectivity index (χ1n) is 4.88. The number of halogens is 1. The van der Waals surface area contributed by atoms with E-state index in [1.54, 1.807) is 0 Å². The van der Waals surface area contributed by atoms with Crippen molar-refractivity contribution in [1.29, 1.82) is 0 Å². The Kier molecular flexibility index (Phi) is 3.31. The van der Waals surface area contributed by atoms with Crippen molar-refractivity contribution < 1.29 is 0 Å². The summed E-state index contributed by atoms with van der Waals surface area (Å²) >= 11 is 5.96. The minimum absolute atomic E-state index is 0.484. The van der Waals surface area contributed by atoms with E-state index in [0.29, 0.717) is 11.7 Å². The molecule has 6 nitrogen and oxygen atoms in total. The number of anilines is 1. The first-order valence-corrected chi connectivity index (χ1v) is 5.26. The van der Waals surface area contributed by atoms with Gasteiger partial charge in [-0.05, 0) is 6.42 Å². The van der Waals surface area contributed by atoms with Gasteiger partial charge in [0.2, 0.25) is 0 Å². The molecule has 0 aliphatic heterocycles. The highest BCUT2D eigenvalue weighted by Gasteiger charge is 2.07. The first kappa shape index (κ1) is 10.8. The Hall–Kier alpha value is -1.69.